The number of ether oxygens (including phenoxy) is 1. The number of benzene rings is 3. The van der Waals surface area contributed by atoms with Gasteiger partial charge in [-0.15, -0.1) is 18.3 Å². The number of anilines is 3. The highest BCUT2D eigenvalue weighted by molar-refractivity contribution is 8.15. The van der Waals surface area contributed by atoms with Gasteiger partial charge in [-0.2, -0.15) is 10.3 Å². The summed E-state index contributed by atoms with van der Waals surface area (Å²) in [4.78, 5) is 37.8. The van der Waals surface area contributed by atoms with Gasteiger partial charge in [0.05, 0.1) is 28.4 Å². The molecule has 3 aromatic carbocycles. The lowest BCUT2D eigenvalue weighted by Crippen LogP contribution is -2.31. The highest BCUT2D eigenvalue weighted by Gasteiger charge is 2.33. The van der Waals surface area contributed by atoms with Crippen molar-refractivity contribution in [1.82, 2.24) is 14.8 Å². The summed E-state index contributed by atoms with van der Waals surface area (Å²) in [5.41, 5.74) is 3.75. The molecule has 0 aliphatic carbocycles. The minimum absolute atomic E-state index is 0.118. The molecule has 0 spiro atoms. The third-order valence-electron chi connectivity index (χ3n) is 6.77. The zero-order valence-corrected chi connectivity index (χ0v) is 25.7. The second kappa shape index (κ2) is 13.3. The van der Waals surface area contributed by atoms with Crippen LogP contribution < -0.4 is 19.9 Å². The standard InChI is InChI=1S/C31H27F3N8O3S/c1-4-5-19-6-8-23(40(2)3)15-26(19)42-27(43)17-46-30(42)38-29(44)37-25-13-7-20(14-21(25)16-35)28-36-18-41(39-28)22-9-11-24(12-10-22)45-31(32,33)34/h6-15,18H,4-5,17H2,1-3H3,(H,37,44). The summed E-state index contributed by atoms with van der Waals surface area (Å²) in [5, 5.41) is 17.0. The van der Waals surface area contributed by atoms with E-state index >= 15 is 0 Å². The van der Waals surface area contributed by atoms with Crippen molar-refractivity contribution in [2.45, 2.75) is 26.1 Å². The normalized spacial score (nSPS) is 14.0. The molecule has 1 aliphatic heterocycles. The number of halogens is 3. The number of thioether (sulfide) groups is 1. The Morgan fingerprint density at radius 1 is 1.15 bits per heavy atom. The molecule has 1 aliphatic rings. The van der Waals surface area contributed by atoms with E-state index in [4.69, 9.17) is 0 Å². The molecule has 0 saturated carbocycles. The Kier molecular flexibility index (Phi) is 9.28. The highest BCUT2D eigenvalue weighted by atomic mass is 32.2. The maximum atomic E-state index is 13.1. The van der Waals surface area contributed by atoms with E-state index in [1.165, 1.54) is 40.2 Å². The number of carbonyl (C=O) groups is 2. The Morgan fingerprint density at radius 2 is 1.91 bits per heavy atom. The zero-order chi connectivity index (χ0) is 33.0. The summed E-state index contributed by atoms with van der Waals surface area (Å²) < 4.78 is 42.6. The number of carbonyl (C=O) groups excluding carboxylic acids is 2. The Balaban J connectivity index is 1.34. The number of hydrogen-bond donors (Lipinski definition) is 1. The first-order valence-corrected chi connectivity index (χ1v) is 14.9. The number of nitriles is 1. The molecular formula is C31H27F3N8O3S. The Morgan fingerprint density at radius 3 is 2.59 bits per heavy atom. The molecule has 0 atom stereocenters. The van der Waals surface area contributed by atoms with Gasteiger partial charge in [-0.05, 0) is 66.6 Å². The van der Waals surface area contributed by atoms with E-state index in [-0.39, 0.29) is 39.7 Å². The first kappa shape index (κ1) is 32.0. The maximum Gasteiger partial charge on any atom is 0.573 e. The van der Waals surface area contributed by atoms with Crippen LogP contribution in [0.1, 0.15) is 24.5 Å². The van der Waals surface area contributed by atoms with Gasteiger partial charge >= 0.3 is 12.4 Å². The molecular weight excluding hydrogens is 621 g/mol. The molecule has 4 aromatic rings. The molecule has 2 heterocycles. The third-order valence-corrected chi connectivity index (χ3v) is 7.70. The zero-order valence-electron chi connectivity index (χ0n) is 24.9. The monoisotopic (exact) mass is 648 g/mol. The molecule has 5 rings (SSSR count). The number of nitrogens with zero attached hydrogens (tertiary/aromatic N) is 7. The number of alkyl halides is 3. The average Bonchev–Trinajstić information content (AvgIpc) is 3.64. The fraction of sp³-hybridized carbons (Fsp3) is 0.226. The molecule has 15 heteroatoms. The lowest BCUT2D eigenvalue weighted by atomic mass is 10.1. The van der Waals surface area contributed by atoms with Crippen molar-refractivity contribution >= 4 is 45.9 Å². The molecule has 1 saturated heterocycles. The molecule has 236 valence electrons. The van der Waals surface area contributed by atoms with Crippen LogP contribution in [0.4, 0.5) is 35.0 Å². The quantitative estimate of drug-likeness (QED) is 0.233. The number of rotatable bonds is 8. The van der Waals surface area contributed by atoms with Crippen LogP contribution in [0, 0.1) is 11.3 Å². The topological polar surface area (TPSA) is 129 Å². The lowest BCUT2D eigenvalue weighted by molar-refractivity contribution is -0.274. The van der Waals surface area contributed by atoms with Gasteiger partial charge in [0, 0.05) is 25.3 Å². The van der Waals surface area contributed by atoms with Crippen molar-refractivity contribution in [3.8, 4) is 28.9 Å². The predicted octanol–water partition coefficient (Wildman–Crippen LogP) is 6.39. The number of aryl methyl sites for hydroxylation is 1. The van der Waals surface area contributed by atoms with Crippen LogP contribution in [0.3, 0.4) is 0 Å². The number of aliphatic imine (C=N–C) groups is 1. The number of amidine groups is 1. The van der Waals surface area contributed by atoms with Gasteiger partial charge in [-0.1, -0.05) is 31.2 Å². The predicted molar refractivity (Wildman–Crippen MR) is 169 cm³/mol. The van der Waals surface area contributed by atoms with Crippen LogP contribution >= 0.6 is 11.8 Å². The first-order valence-electron chi connectivity index (χ1n) is 13.9. The van der Waals surface area contributed by atoms with Crippen molar-refractivity contribution in [1.29, 1.82) is 5.26 Å². The van der Waals surface area contributed by atoms with Gasteiger partial charge in [0.15, 0.2) is 11.0 Å². The fourth-order valence-electron chi connectivity index (χ4n) is 4.64. The summed E-state index contributed by atoms with van der Waals surface area (Å²) in [7, 11) is 3.81. The van der Waals surface area contributed by atoms with E-state index in [1.807, 2.05) is 50.2 Å². The summed E-state index contributed by atoms with van der Waals surface area (Å²) >= 11 is 1.16. The molecule has 3 amide bonds. The summed E-state index contributed by atoms with van der Waals surface area (Å²) in [6.07, 6.45) is -1.82. The van der Waals surface area contributed by atoms with Gasteiger partial charge in [0.25, 0.3) is 0 Å². The van der Waals surface area contributed by atoms with Gasteiger partial charge in [0.2, 0.25) is 5.91 Å². The van der Waals surface area contributed by atoms with E-state index < -0.39 is 12.4 Å². The van der Waals surface area contributed by atoms with Crippen molar-refractivity contribution < 1.29 is 27.5 Å². The van der Waals surface area contributed by atoms with Crippen LogP contribution in [0.15, 0.2) is 72.0 Å². The molecule has 0 radical (unpaired) electrons. The SMILES string of the molecule is CCCc1ccc(N(C)C)cc1N1C(=O)CSC1=NC(=O)Nc1ccc(-c2ncn(-c3ccc(OC(F)(F)F)cc3)n2)cc1C#N. The minimum atomic E-state index is -4.80. The fourth-order valence-corrected chi connectivity index (χ4v) is 5.49. The van der Waals surface area contributed by atoms with Crippen molar-refractivity contribution in [2.75, 3.05) is 35.0 Å². The van der Waals surface area contributed by atoms with Gasteiger partial charge in [-0.25, -0.2) is 14.5 Å². The smallest absolute Gasteiger partial charge is 0.406 e. The Labute approximate surface area is 266 Å². The minimum Gasteiger partial charge on any atom is -0.406 e. The number of nitrogens with one attached hydrogen (secondary N) is 1. The summed E-state index contributed by atoms with van der Waals surface area (Å²) in [6.45, 7) is 2.05. The van der Waals surface area contributed by atoms with Gasteiger partial charge < -0.3 is 15.0 Å². The van der Waals surface area contributed by atoms with Crippen molar-refractivity contribution in [2.24, 2.45) is 4.99 Å². The maximum absolute atomic E-state index is 13.1. The first-order chi connectivity index (χ1) is 22.0. The second-order valence-corrected chi connectivity index (χ2v) is 11.2. The van der Waals surface area contributed by atoms with Crippen molar-refractivity contribution in [3.63, 3.8) is 0 Å². The lowest BCUT2D eigenvalue weighted by Gasteiger charge is -2.22. The molecule has 1 N–H and O–H groups in total. The highest BCUT2D eigenvalue weighted by Crippen LogP contribution is 2.34. The van der Waals surface area contributed by atoms with Crippen molar-refractivity contribution in [3.05, 3.63) is 78.1 Å². The van der Waals surface area contributed by atoms with Gasteiger partial charge in [-0.3, -0.25) is 9.69 Å². The Bertz CT molecular complexity index is 1850. The molecule has 1 aromatic heterocycles. The second-order valence-electron chi connectivity index (χ2n) is 10.2. The van der Waals surface area contributed by atoms with E-state index in [1.54, 1.807) is 6.07 Å². The van der Waals surface area contributed by atoms with Crippen LogP contribution in [0.25, 0.3) is 17.1 Å². The van der Waals surface area contributed by atoms with Crippen LogP contribution in [0.2, 0.25) is 0 Å². The van der Waals surface area contributed by atoms with Gasteiger partial charge in [0.1, 0.15) is 18.1 Å². The number of amides is 3. The van der Waals surface area contributed by atoms with E-state index in [9.17, 15) is 28.0 Å². The molecule has 11 nitrogen and oxygen atoms in total. The number of hydrogen-bond acceptors (Lipinski definition) is 8. The summed E-state index contributed by atoms with van der Waals surface area (Å²) in [5.74, 6) is -0.190. The van der Waals surface area contributed by atoms with Crippen LogP contribution in [-0.4, -0.2) is 58.1 Å². The molecule has 0 unspecified atom stereocenters. The average molecular weight is 649 g/mol. The van der Waals surface area contributed by atoms with Crippen LogP contribution in [-0.2, 0) is 11.2 Å². The number of urea groups is 1. The summed E-state index contributed by atoms with van der Waals surface area (Å²) in [6, 6.07) is 16.8. The largest absolute Gasteiger partial charge is 0.573 e. The van der Waals surface area contributed by atoms with Crippen LogP contribution in [0.5, 0.6) is 5.75 Å². The molecule has 1 fully saturated rings. The van der Waals surface area contributed by atoms with E-state index in [0.29, 0.717) is 16.9 Å². The Hall–Kier alpha value is -5.36. The number of aromatic nitrogens is 3. The van der Waals surface area contributed by atoms with E-state index in [0.717, 1.165) is 48.0 Å². The van der Waals surface area contributed by atoms with E-state index in [2.05, 4.69) is 25.1 Å². The molecule has 0 bridgehead atoms. The molecule has 46 heavy (non-hydrogen) atoms. The third kappa shape index (κ3) is 7.29.